The first kappa shape index (κ1) is 18.3. The van der Waals surface area contributed by atoms with Crippen LogP contribution in [0.25, 0.3) is 0 Å². The van der Waals surface area contributed by atoms with Crippen LogP contribution in [-0.4, -0.2) is 22.5 Å². The van der Waals surface area contributed by atoms with Crippen LogP contribution in [0.5, 0.6) is 0 Å². The van der Waals surface area contributed by atoms with Crippen molar-refractivity contribution < 1.29 is 0 Å². The van der Waals surface area contributed by atoms with Crippen molar-refractivity contribution in [3.8, 4) is 6.07 Å². The van der Waals surface area contributed by atoms with Crippen molar-refractivity contribution in [3.63, 3.8) is 0 Å². The minimum absolute atomic E-state index is 0.339. The van der Waals surface area contributed by atoms with Gasteiger partial charge < -0.3 is 5.32 Å². The quantitative estimate of drug-likeness (QED) is 0.765. The number of nitriles is 1. The molecule has 1 N–H and O–H groups in total. The van der Waals surface area contributed by atoms with E-state index >= 15 is 0 Å². The standard InChI is InChI=1S/C22H25ClN4/c23-21-19(13-24)18-11-12-27(14-16-7-3-1-4-8-16)15-20(18)22(26-21)25-17-9-5-2-6-10-17/h1,3-4,7-8,17H,2,5-6,9-12,14-15H2,(H,25,26). The maximum absolute atomic E-state index is 9.58. The SMILES string of the molecule is N#Cc1c(Cl)nc(NC2CCCCC2)c2c1CCN(Cc1ccccc1)C2. The molecule has 5 heteroatoms. The van der Waals surface area contributed by atoms with Crippen molar-refractivity contribution in [2.24, 2.45) is 0 Å². The molecular formula is C22H25ClN4. The van der Waals surface area contributed by atoms with Gasteiger partial charge in [-0.05, 0) is 30.4 Å². The normalized spacial score (nSPS) is 17.9. The maximum atomic E-state index is 9.58. The van der Waals surface area contributed by atoms with E-state index in [1.807, 2.05) is 6.07 Å². The number of nitrogens with one attached hydrogen (secondary N) is 1. The lowest BCUT2D eigenvalue weighted by atomic mass is 9.93. The highest BCUT2D eigenvalue weighted by molar-refractivity contribution is 6.30. The summed E-state index contributed by atoms with van der Waals surface area (Å²) in [5, 5.41) is 13.6. The van der Waals surface area contributed by atoms with E-state index in [2.05, 4.69) is 45.5 Å². The molecular weight excluding hydrogens is 356 g/mol. The van der Waals surface area contributed by atoms with Crippen LogP contribution < -0.4 is 5.32 Å². The van der Waals surface area contributed by atoms with Gasteiger partial charge in [0.15, 0.2) is 0 Å². The largest absolute Gasteiger partial charge is 0.367 e. The molecule has 1 aromatic carbocycles. The van der Waals surface area contributed by atoms with Crippen LogP contribution >= 0.6 is 11.6 Å². The molecule has 27 heavy (non-hydrogen) atoms. The summed E-state index contributed by atoms with van der Waals surface area (Å²) in [4.78, 5) is 7.03. The van der Waals surface area contributed by atoms with E-state index in [1.54, 1.807) is 0 Å². The topological polar surface area (TPSA) is 52.0 Å². The second-order valence-corrected chi connectivity index (χ2v) is 7.98. The van der Waals surface area contributed by atoms with Crippen molar-refractivity contribution in [1.29, 1.82) is 5.26 Å². The Morgan fingerprint density at radius 3 is 2.67 bits per heavy atom. The fourth-order valence-electron chi connectivity index (χ4n) is 4.31. The number of anilines is 1. The Morgan fingerprint density at radius 2 is 1.93 bits per heavy atom. The Balaban J connectivity index is 1.61. The van der Waals surface area contributed by atoms with Crippen LogP contribution in [-0.2, 0) is 19.5 Å². The van der Waals surface area contributed by atoms with E-state index in [0.717, 1.165) is 43.0 Å². The number of nitrogens with zero attached hydrogens (tertiary/aromatic N) is 3. The molecule has 0 bridgehead atoms. The van der Waals surface area contributed by atoms with Gasteiger partial charge in [0.2, 0.25) is 0 Å². The molecule has 1 aliphatic heterocycles. The third-order valence-electron chi connectivity index (χ3n) is 5.73. The van der Waals surface area contributed by atoms with E-state index in [4.69, 9.17) is 11.6 Å². The Hall–Kier alpha value is -2.09. The lowest BCUT2D eigenvalue weighted by Gasteiger charge is -2.32. The first-order chi connectivity index (χ1) is 13.2. The van der Waals surface area contributed by atoms with Crippen molar-refractivity contribution in [3.05, 3.63) is 57.7 Å². The van der Waals surface area contributed by atoms with Gasteiger partial charge in [-0.25, -0.2) is 4.98 Å². The zero-order valence-corrected chi connectivity index (χ0v) is 16.3. The van der Waals surface area contributed by atoms with E-state index in [1.165, 1.54) is 37.7 Å². The summed E-state index contributed by atoms with van der Waals surface area (Å²) in [6.45, 7) is 2.64. The van der Waals surface area contributed by atoms with Crippen molar-refractivity contribution in [2.45, 2.75) is 57.7 Å². The summed E-state index contributed by atoms with van der Waals surface area (Å²) >= 11 is 6.36. The molecule has 2 aromatic rings. The fourth-order valence-corrected chi connectivity index (χ4v) is 4.55. The summed E-state index contributed by atoms with van der Waals surface area (Å²) < 4.78 is 0. The Labute approximate surface area is 166 Å². The number of pyridine rings is 1. The van der Waals surface area contributed by atoms with E-state index < -0.39 is 0 Å². The third kappa shape index (κ3) is 4.10. The van der Waals surface area contributed by atoms with Crippen LogP contribution in [0.1, 0.15) is 54.4 Å². The molecule has 0 amide bonds. The van der Waals surface area contributed by atoms with E-state index in [0.29, 0.717) is 16.8 Å². The van der Waals surface area contributed by atoms with Gasteiger partial charge in [0, 0.05) is 31.2 Å². The number of benzene rings is 1. The molecule has 4 nitrogen and oxygen atoms in total. The van der Waals surface area contributed by atoms with Crippen LogP contribution in [0.4, 0.5) is 5.82 Å². The third-order valence-corrected chi connectivity index (χ3v) is 6.01. The van der Waals surface area contributed by atoms with E-state index in [-0.39, 0.29) is 0 Å². The summed E-state index contributed by atoms with van der Waals surface area (Å²) in [5.74, 6) is 0.888. The number of aromatic nitrogens is 1. The zero-order chi connectivity index (χ0) is 18.6. The summed E-state index contributed by atoms with van der Waals surface area (Å²) in [6, 6.07) is 13.3. The molecule has 1 aromatic heterocycles. The van der Waals surface area contributed by atoms with Gasteiger partial charge in [-0.3, -0.25) is 4.90 Å². The molecule has 0 spiro atoms. The number of hydrogen-bond acceptors (Lipinski definition) is 4. The molecule has 2 heterocycles. The molecule has 0 unspecified atom stereocenters. The summed E-state index contributed by atoms with van der Waals surface area (Å²) in [6.07, 6.45) is 7.06. The van der Waals surface area contributed by atoms with Crippen LogP contribution in [0, 0.1) is 11.3 Å². The number of fused-ring (bicyclic) bond motifs is 1. The molecule has 0 radical (unpaired) electrons. The van der Waals surface area contributed by atoms with Gasteiger partial charge in [0.1, 0.15) is 17.0 Å². The zero-order valence-electron chi connectivity index (χ0n) is 15.5. The van der Waals surface area contributed by atoms with Crippen LogP contribution in [0.2, 0.25) is 5.15 Å². The van der Waals surface area contributed by atoms with Crippen molar-refractivity contribution in [1.82, 2.24) is 9.88 Å². The first-order valence-corrected chi connectivity index (χ1v) is 10.3. The maximum Gasteiger partial charge on any atom is 0.149 e. The van der Waals surface area contributed by atoms with Gasteiger partial charge >= 0.3 is 0 Å². The van der Waals surface area contributed by atoms with Gasteiger partial charge in [-0.1, -0.05) is 61.2 Å². The van der Waals surface area contributed by atoms with Gasteiger partial charge in [-0.15, -0.1) is 0 Å². The monoisotopic (exact) mass is 380 g/mol. The van der Waals surface area contributed by atoms with E-state index in [9.17, 15) is 5.26 Å². The lowest BCUT2D eigenvalue weighted by molar-refractivity contribution is 0.245. The molecule has 0 saturated heterocycles. The average Bonchev–Trinajstić information content (AvgIpc) is 2.70. The number of halogens is 1. The van der Waals surface area contributed by atoms with Crippen LogP contribution in [0.15, 0.2) is 30.3 Å². The molecule has 1 saturated carbocycles. The average molecular weight is 381 g/mol. The molecule has 1 aliphatic carbocycles. The first-order valence-electron chi connectivity index (χ1n) is 9.89. The minimum atomic E-state index is 0.339. The van der Waals surface area contributed by atoms with Gasteiger partial charge in [0.25, 0.3) is 0 Å². The molecule has 4 rings (SSSR count). The Kier molecular flexibility index (Phi) is 5.61. The predicted molar refractivity (Wildman–Crippen MR) is 109 cm³/mol. The highest BCUT2D eigenvalue weighted by Crippen LogP contribution is 2.33. The number of rotatable bonds is 4. The summed E-state index contributed by atoms with van der Waals surface area (Å²) in [7, 11) is 0. The van der Waals surface area contributed by atoms with Gasteiger partial charge in [-0.2, -0.15) is 5.26 Å². The lowest BCUT2D eigenvalue weighted by Crippen LogP contribution is -2.33. The number of hydrogen-bond donors (Lipinski definition) is 1. The minimum Gasteiger partial charge on any atom is -0.367 e. The van der Waals surface area contributed by atoms with Crippen molar-refractivity contribution in [2.75, 3.05) is 11.9 Å². The highest BCUT2D eigenvalue weighted by Gasteiger charge is 2.26. The molecule has 1 fully saturated rings. The fraction of sp³-hybridized carbons (Fsp3) is 0.455. The molecule has 0 atom stereocenters. The smallest absolute Gasteiger partial charge is 0.149 e. The Bertz CT molecular complexity index is 838. The van der Waals surface area contributed by atoms with Gasteiger partial charge in [0.05, 0.1) is 5.56 Å². The predicted octanol–water partition coefficient (Wildman–Crippen LogP) is 4.91. The second-order valence-electron chi connectivity index (χ2n) is 7.62. The summed E-state index contributed by atoms with van der Waals surface area (Å²) in [5.41, 5.74) is 4.11. The Morgan fingerprint density at radius 1 is 1.15 bits per heavy atom. The van der Waals surface area contributed by atoms with Crippen LogP contribution in [0.3, 0.4) is 0 Å². The second kappa shape index (κ2) is 8.29. The van der Waals surface area contributed by atoms with Crippen molar-refractivity contribution >= 4 is 17.4 Å². The molecule has 2 aliphatic rings. The highest BCUT2D eigenvalue weighted by atomic mass is 35.5. The molecule has 140 valence electrons.